The molecular formula is C19H35IN4O3S. The van der Waals surface area contributed by atoms with Crippen LogP contribution in [0.4, 0.5) is 0 Å². The van der Waals surface area contributed by atoms with Crippen LogP contribution >= 0.6 is 24.0 Å². The highest BCUT2D eigenvalue weighted by molar-refractivity contribution is 14.0. The van der Waals surface area contributed by atoms with Crippen LogP contribution in [0.1, 0.15) is 46.6 Å². The lowest BCUT2D eigenvalue weighted by molar-refractivity contribution is 0.145. The number of ether oxygens (including phenoxy) is 1. The summed E-state index contributed by atoms with van der Waals surface area (Å²) in [6, 6.07) is 6.95. The number of hydrogen-bond donors (Lipinski definition) is 3. The van der Waals surface area contributed by atoms with E-state index in [2.05, 4.69) is 20.3 Å². The summed E-state index contributed by atoms with van der Waals surface area (Å²) >= 11 is 0. The molecule has 0 aromatic heterocycles. The van der Waals surface area contributed by atoms with Crippen LogP contribution in [0, 0.1) is 0 Å². The summed E-state index contributed by atoms with van der Waals surface area (Å²) in [5.74, 6) is 0.657. The van der Waals surface area contributed by atoms with Crippen molar-refractivity contribution in [3.05, 3.63) is 29.8 Å². The van der Waals surface area contributed by atoms with Gasteiger partial charge >= 0.3 is 0 Å². The number of halogens is 1. The average molecular weight is 526 g/mol. The molecule has 3 N–H and O–H groups in total. The second-order valence-electron chi connectivity index (χ2n) is 7.14. The number of nitrogens with zero attached hydrogens (tertiary/aromatic N) is 1. The van der Waals surface area contributed by atoms with Gasteiger partial charge in [0.2, 0.25) is 10.0 Å². The Balaban J connectivity index is 0.00000729. The maximum atomic E-state index is 12.7. The van der Waals surface area contributed by atoms with Crippen molar-refractivity contribution >= 4 is 40.0 Å². The first-order valence-electron chi connectivity index (χ1n) is 9.41. The van der Waals surface area contributed by atoms with Crippen LogP contribution in [0.5, 0.6) is 0 Å². The van der Waals surface area contributed by atoms with Crippen LogP contribution in [-0.4, -0.2) is 46.2 Å². The Morgan fingerprint density at radius 1 is 1.14 bits per heavy atom. The molecular weight excluding hydrogens is 491 g/mol. The zero-order chi connectivity index (χ0) is 20.3. The van der Waals surface area contributed by atoms with Crippen LogP contribution in [0.2, 0.25) is 0 Å². The van der Waals surface area contributed by atoms with Gasteiger partial charge in [-0.25, -0.2) is 18.1 Å². The van der Waals surface area contributed by atoms with Gasteiger partial charge in [0.05, 0.1) is 11.4 Å². The number of guanidine groups is 1. The molecule has 1 rings (SSSR count). The number of nitrogens with one attached hydrogen (secondary N) is 3. The normalized spacial score (nSPS) is 12.4. The molecule has 162 valence electrons. The Morgan fingerprint density at radius 2 is 1.82 bits per heavy atom. The fourth-order valence-electron chi connectivity index (χ4n) is 2.39. The van der Waals surface area contributed by atoms with Gasteiger partial charge in [-0.15, -0.1) is 24.0 Å². The lowest BCUT2D eigenvalue weighted by atomic mass is 10.1. The number of sulfonamides is 1. The number of rotatable bonds is 10. The summed E-state index contributed by atoms with van der Waals surface area (Å²) in [6.45, 7) is 12.6. The molecule has 0 radical (unpaired) electrons. The smallest absolute Gasteiger partial charge is 0.241 e. The van der Waals surface area contributed by atoms with E-state index in [0.717, 1.165) is 19.5 Å². The molecule has 7 nitrogen and oxygen atoms in total. The van der Waals surface area contributed by atoms with Crippen molar-refractivity contribution in [2.45, 2.75) is 58.0 Å². The molecule has 1 aromatic rings. The van der Waals surface area contributed by atoms with E-state index in [4.69, 9.17) is 4.74 Å². The maximum absolute atomic E-state index is 12.7. The van der Waals surface area contributed by atoms with Crippen LogP contribution in [0.25, 0.3) is 0 Å². The molecule has 0 atom stereocenters. The molecule has 1 aromatic carbocycles. The first-order chi connectivity index (χ1) is 12.7. The van der Waals surface area contributed by atoms with Gasteiger partial charge in [-0.2, -0.15) is 0 Å². The first-order valence-corrected chi connectivity index (χ1v) is 10.9. The van der Waals surface area contributed by atoms with Gasteiger partial charge in [0.25, 0.3) is 0 Å². The minimum absolute atomic E-state index is 0. The Kier molecular flexibility index (Phi) is 12.9. The van der Waals surface area contributed by atoms with Crippen LogP contribution in [-0.2, 0) is 21.3 Å². The monoisotopic (exact) mass is 526 g/mol. The quantitative estimate of drug-likeness (QED) is 0.189. The zero-order valence-corrected chi connectivity index (χ0v) is 20.7. The molecule has 0 aliphatic heterocycles. The molecule has 0 bridgehead atoms. The lowest BCUT2D eigenvalue weighted by Crippen LogP contribution is -2.40. The molecule has 0 heterocycles. The molecule has 0 aliphatic carbocycles. The molecule has 0 unspecified atom stereocenters. The summed E-state index contributed by atoms with van der Waals surface area (Å²) in [6.07, 6.45) is 0.874. The molecule has 0 saturated heterocycles. The number of hydrogen-bond acceptors (Lipinski definition) is 4. The topological polar surface area (TPSA) is 91.8 Å². The van der Waals surface area contributed by atoms with Crippen molar-refractivity contribution in [1.82, 2.24) is 15.4 Å². The summed E-state index contributed by atoms with van der Waals surface area (Å²) in [7, 11) is -3.61. The van der Waals surface area contributed by atoms with E-state index in [1.54, 1.807) is 18.2 Å². The van der Waals surface area contributed by atoms with Crippen molar-refractivity contribution < 1.29 is 13.2 Å². The third-order valence-electron chi connectivity index (χ3n) is 3.42. The molecule has 28 heavy (non-hydrogen) atoms. The van der Waals surface area contributed by atoms with E-state index < -0.39 is 15.6 Å². The Bertz CT molecular complexity index is 703. The zero-order valence-electron chi connectivity index (χ0n) is 17.5. The standard InChI is InChI=1S/C19H34N4O3S.HI/c1-6-20-18(21-13-10-14-26-7-2)22-15-16-11-8-9-12-17(16)27(24,25)23-19(3,4)5;/h8-9,11-12,23H,6-7,10,13-15H2,1-5H3,(H2,20,21,22);1H. The summed E-state index contributed by atoms with van der Waals surface area (Å²) in [5.41, 5.74) is 0.104. The molecule has 0 aliphatic rings. The third-order valence-corrected chi connectivity index (χ3v) is 5.27. The van der Waals surface area contributed by atoms with Crippen molar-refractivity contribution in [3.63, 3.8) is 0 Å². The molecule has 0 fully saturated rings. The van der Waals surface area contributed by atoms with Gasteiger partial charge in [0, 0.05) is 31.8 Å². The number of benzene rings is 1. The predicted octanol–water partition coefficient (Wildman–Crippen LogP) is 2.86. The second kappa shape index (κ2) is 13.3. The largest absolute Gasteiger partial charge is 0.382 e. The maximum Gasteiger partial charge on any atom is 0.241 e. The van der Waals surface area contributed by atoms with E-state index >= 15 is 0 Å². The van der Waals surface area contributed by atoms with E-state index in [9.17, 15) is 8.42 Å². The molecule has 0 spiro atoms. The van der Waals surface area contributed by atoms with E-state index in [0.29, 0.717) is 24.7 Å². The minimum atomic E-state index is -3.61. The van der Waals surface area contributed by atoms with Crippen LogP contribution in [0.15, 0.2) is 34.2 Å². The third kappa shape index (κ3) is 10.6. The predicted molar refractivity (Wildman–Crippen MR) is 126 cm³/mol. The van der Waals surface area contributed by atoms with Gasteiger partial charge in [-0.05, 0) is 52.7 Å². The van der Waals surface area contributed by atoms with Crippen molar-refractivity contribution in [2.75, 3.05) is 26.3 Å². The van der Waals surface area contributed by atoms with Gasteiger partial charge in [0.1, 0.15) is 0 Å². The summed E-state index contributed by atoms with van der Waals surface area (Å²) < 4.78 is 33.4. The van der Waals surface area contributed by atoms with Crippen LogP contribution < -0.4 is 15.4 Å². The minimum Gasteiger partial charge on any atom is -0.382 e. The van der Waals surface area contributed by atoms with E-state index in [-0.39, 0.29) is 35.4 Å². The van der Waals surface area contributed by atoms with Crippen LogP contribution in [0.3, 0.4) is 0 Å². The average Bonchev–Trinajstić information content (AvgIpc) is 2.57. The first kappa shape index (κ1) is 27.1. The molecule has 0 saturated carbocycles. The fraction of sp³-hybridized carbons (Fsp3) is 0.632. The lowest BCUT2D eigenvalue weighted by Gasteiger charge is -2.21. The highest BCUT2D eigenvalue weighted by atomic mass is 127. The fourth-order valence-corrected chi connectivity index (χ4v) is 4.04. The molecule has 9 heteroatoms. The molecule has 0 amide bonds. The highest BCUT2D eigenvalue weighted by Gasteiger charge is 2.24. The van der Waals surface area contributed by atoms with Gasteiger partial charge < -0.3 is 15.4 Å². The van der Waals surface area contributed by atoms with Gasteiger partial charge in [0.15, 0.2) is 5.96 Å². The van der Waals surface area contributed by atoms with Gasteiger partial charge in [-0.3, -0.25) is 0 Å². The van der Waals surface area contributed by atoms with Gasteiger partial charge in [-0.1, -0.05) is 18.2 Å². The Hall–Kier alpha value is -0.910. The van der Waals surface area contributed by atoms with Crippen molar-refractivity contribution in [2.24, 2.45) is 4.99 Å². The SMILES string of the molecule is CCNC(=NCc1ccccc1S(=O)(=O)NC(C)(C)C)NCCCOCC.I. The summed E-state index contributed by atoms with van der Waals surface area (Å²) in [4.78, 5) is 4.79. The Morgan fingerprint density at radius 3 is 2.43 bits per heavy atom. The second-order valence-corrected chi connectivity index (χ2v) is 8.79. The Labute approximate surface area is 187 Å². The highest BCUT2D eigenvalue weighted by Crippen LogP contribution is 2.18. The van der Waals surface area contributed by atoms with E-state index in [1.165, 1.54) is 0 Å². The van der Waals surface area contributed by atoms with E-state index in [1.807, 2.05) is 40.7 Å². The van der Waals surface area contributed by atoms with Crippen molar-refractivity contribution in [3.8, 4) is 0 Å². The number of aliphatic imine (C=N–C) groups is 1. The van der Waals surface area contributed by atoms with Crippen molar-refractivity contribution in [1.29, 1.82) is 0 Å². The summed E-state index contributed by atoms with van der Waals surface area (Å²) in [5, 5.41) is 6.41.